The van der Waals surface area contributed by atoms with Crippen LogP contribution in [0.2, 0.25) is 0 Å². The maximum atomic E-state index is 15.0. The first-order chi connectivity index (χ1) is 20.0. The van der Waals surface area contributed by atoms with Crippen molar-refractivity contribution in [3.63, 3.8) is 0 Å². The maximum absolute atomic E-state index is 15.0. The third kappa shape index (κ3) is 5.34. The summed E-state index contributed by atoms with van der Waals surface area (Å²) in [5.41, 5.74) is 2.57. The van der Waals surface area contributed by atoms with Crippen LogP contribution < -0.4 is 10.2 Å². The number of aromatic hydroxyl groups is 1. The van der Waals surface area contributed by atoms with Gasteiger partial charge in [-0.3, -0.25) is 4.79 Å². The van der Waals surface area contributed by atoms with Crippen LogP contribution >= 0.6 is 0 Å². The molecule has 0 amide bonds. The maximum Gasteiger partial charge on any atom is 0.211 e. The van der Waals surface area contributed by atoms with Crippen LogP contribution in [0.3, 0.4) is 0 Å². The Bertz CT molecular complexity index is 1640. The van der Waals surface area contributed by atoms with Crippen LogP contribution in [0.1, 0.15) is 39.9 Å². The number of phenols is 1. The van der Waals surface area contributed by atoms with E-state index in [0.29, 0.717) is 28.8 Å². The molecule has 2 N–H and O–H groups in total. The van der Waals surface area contributed by atoms with E-state index in [-0.39, 0.29) is 42.5 Å². The molecule has 10 heteroatoms. The van der Waals surface area contributed by atoms with E-state index in [9.17, 15) is 27.5 Å². The lowest BCUT2D eigenvalue weighted by molar-refractivity contribution is -0.114. The second-order valence-electron chi connectivity index (χ2n) is 11.3. The highest BCUT2D eigenvalue weighted by Gasteiger charge is 2.50. The highest BCUT2D eigenvalue weighted by atomic mass is 32.2. The van der Waals surface area contributed by atoms with Crippen LogP contribution in [0.15, 0.2) is 54.6 Å². The Morgan fingerprint density at radius 1 is 1.21 bits per heavy atom. The summed E-state index contributed by atoms with van der Waals surface area (Å²) in [6.45, 7) is 3.55. The van der Waals surface area contributed by atoms with Gasteiger partial charge in [-0.25, -0.2) is 17.1 Å². The van der Waals surface area contributed by atoms with Crippen molar-refractivity contribution in [1.29, 1.82) is 0 Å². The molecule has 1 saturated heterocycles. The molecule has 2 atom stereocenters. The summed E-state index contributed by atoms with van der Waals surface area (Å²) in [4.78, 5) is 29.2. The van der Waals surface area contributed by atoms with Crippen molar-refractivity contribution in [3.8, 4) is 16.9 Å². The highest BCUT2D eigenvalue weighted by Crippen LogP contribution is 2.49. The van der Waals surface area contributed by atoms with Crippen molar-refractivity contribution < 1.29 is 27.5 Å². The number of rotatable bonds is 9. The van der Waals surface area contributed by atoms with E-state index in [4.69, 9.17) is 0 Å². The molecule has 0 radical (unpaired) electrons. The van der Waals surface area contributed by atoms with E-state index in [1.165, 1.54) is 29.6 Å². The lowest BCUT2D eigenvalue weighted by Crippen LogP contribution is -2.59. The number of carbonyl (C=O) groups excluding carboxylic acids is 2. The lowest BCUT2D eigenvalue weighted by Gasteiger charge is -2.44. The quantitative estimate of drug-likeness (QED) is 0.286. The van der Waals surface area contributed by atoms with Crippen LogP contribution in [-0.2, 0) is 21.2 Å². The van der Waals surface area contributed by atoms with Gasteiger partial charge in [-0.05, 0) is 78.9 Å². The fraction of sp³-hybridized carbons (Fsp3) is 0.375. The zero-order valence-corrected chi connectivity index (χ0v) is 24.9. The summed E-state index contributed by atoms with van der Waals surface area (Å²) in [7, 11) is -1.95. The van der Waals surface area contributed by atoms with Crippen molar-refractivity contribution in [2.24, 2.45) is 5.92 Å². The smallest absolute Gasteiger partial charge is 0.211 e. The van der Waals surface area contributed by atoms with Gasteiger partial charge in [0.05, 0.1) is 6.26 Å². The number of aldehydes is 1. The van der Waals surface area contributed by atoms with E-state index in [1.807, 2.05) is 11.0 Å². The standard InChI is InChI=1S/C32H36FN3O5S/c1-21-25(10-5-11-28(21)33)30-26(31(39)22-7-4-9-24(38)17-22)12-13-29-27(30)18-32(20-37,23-8-6-14-34-19-23)36(29)16-15-35(2)42(3,40)41/h4-5,7,9-13,17,20,23,34,38H,6,8,14-16,18-19H2,1-3H3. The molecule has 42 heavy (non-hydrogen) atoms. The number of carbonyl (C=O) groups is 2. The molecule has 3 aromatic carbocycles. The van der Waals surface area contributed by atoms with Gasteiger partial charge in [-0.15, -0.1) is 0 Å². The first-order valence-electron chi connectivity index (χ1n) is 14.1. The molecule has 2 heterocycles. The number of likely N-dealkylation sites (N-methyl/N-ethyl adjacent to an activating group) is 1. The Balaban J connectivity index is 1.74. The van der Waals surface area contributed by atoms with E-state index in [2.05, 4.69) is 5.32 Å². The molecule has 8 nitrogen and oxygen atoms in total. The minimum absolute atomic E-state index is 0.0450. The molecule has 5 rings (SSSR count). The van der Waals surface area contributed by atoms with Gasteiger partial charge >= 0.3 is 0 Å². The normalized spacial score (nSPS) is 20.5. The number of benzene rings is 3. The Morgan fingerprint density at radius 2 is 1.98 bits per heavy atom. The largest absolute Gasteiger partial charge is 0.508 e. The van der Waals surface area contributed by atoms with Gasteiger partial charge in [0.25, 0.3) is 0 Å². The minimum atomic E-state index is -3.46. The number of nitrogens with one attached hydrogen (secondary N) is 1. The summed E-state index contributed by atoms with van der Waals surface area (Å²) in [5, 5.41) is 13.5. The second-order valence-corrected chi connectivity index (χ2v) is 13.4. The second kappa shape index (κ2) is 11.6. The van der Waals surface area contributed by atoms with Crippen molar-refractivity contribution in [1.82, 2.24) is 9.62 Å². The van der Waals surface area contributed by atoms with E-state index in [0.717, 1.165) is 43.2 Å². The molecule has 3 aromatic rings. The van der Waals surface area contributed by atoms with Crippen molar-refractivity contribution in [3.05, 3.63) is 82.7 Å². The average Bonchev–Trinajstić information content (AvgIpc) is 3.31. The lowest BCUT2D eigenvalue weighted by atomic mass is 9.76. The monoisotopic (exact) mass is 593 g/mol. The molecule has 0 saturated carbocycles. The van der Waals surface area contributed by atoms with Gasteiger partial charge in [0, 0.05) is 55.8 Å². The number of halogens is 1. The molecular formula is C32H36FN3O5S. The van der Waals surface area contributed by atoms with E-state index in [1.54, 1.807) is 37.3 Å². The number of hydrogen-bond donors (Lipinski definition) is 2. The third-order valence-corrected chi connectivity index (χ3v) is 10.2. The summed E-state index contributed by atoms with van der Waals surface area (Å²) in [5.74, 6) is -0.856. The Labute approximate surface area is 246 Å². The van der Waals surface area contributed by atoms with Gasteiger partial charge in [0.15, 0.2) is 5.78 Å². The fourth-order valence-corrected chi connectivity index (χ4v) is 6.84. The molecule has 2 aliphatic heterocycles. The zero-order valence-electron chi connectivity index (χ0n) is 24.1. The number of phenolic OH excluding ortho intramolecular Hbond substituents is 1. The molecule has 2 unspecified atom stereocenters. The molecule has 0 spiro atoms. The van der Waals surface area contributed by atoms with E-state index < -0.39 is 21.4 Å². The first kappa shape index (κ1) is 29.9. The van der Waals surface area contributed by atoms with Gasteiger partial charge in [0.2, 0.25) is 10.0 Å². The van der Waals surface area contributed by atoms with Crippen molar-refractivity contribution >= 4 is 27.8 Å². The van der Waals surface area contributed by atoms with Gasteiger partial charge in [-0.2, -0.15) is 0 Å². The fourth-order valence-electron chi connectivity index (χ4n) is 6.43. The molecule has 0 aromatic heterocycles. The van der Waals surface area contributed by atoms with Gasteiger partial charge in [-0.1, -0.05) is 24.3 Å². The number of anilines is 1. The van der Waals surface area contributed by atoms with E-state index >= 15 is 0 Å². The van der Waals surface area contributed by atoms with Crippen LogP contribution in [0.25, 0.3) is 11.1 Å². The molecular weight excluding hydrogens is 557 g/mol. The van der Waals surface area contributed by atoms with Crippen molar-refractivity contribution in [2.75, 3.05) is 44.4 Å². The number of nitrogens with zero attached hydrogens (tertiary/aromatic N) is 2. The van der Waals surface area contributed by atoms with Gasteiger partial charge in [0.1, 0.15) is 23.4 Å². The average molecular weight is 594 g/mol. The molecule has 222 valence electrons. The first-order valence-corrected chi connectivity index (χ1v) is 15.9. The number of fused-ring (bicyclic) bond motifs is 1. The topological polar surface area (TPSA) is 107 Å². The number of piperidine rings is 1. The predicted octanol–water partition coefficient (Wildman–Crippen LogP) is 3.93. The van der Waals surface area contributed by atoms with Crippen LogP contribution in [-0.4, -0.2) is 74.9 Å². The molecule has 0 aliphatic carbocycles. The summed E-state index contributed by atoms with van der Waals surface area (Å²) in [6, 6.07) is 14.3. The predicted molar refractivity (Wildman–Crippen MR) is 161 cm³/mol. The summed E-state index contributed by atoms with van der Waals surface area (Å²) < 4.78 is 40.7. The Morgan fingerprint density at radius 3 is 2.64 bits per heavy atom. The zero-order chi connectivity index (χ0) is 30.2. The van der Waals surface area contributed by atoms with Crippen LogP contribution in [0.5, 0.6) is 5.75 Å². The molecule has 1 fully saturated rings. The Kier molecular flexibility index (Phi) is 8.24. The third-order valence-electron chi connectivity index (χ3n) is 8.84. The van der Waals surface area contributed by atoms with Gasteiger partial charge < -0.3 is 20.1 Å². The SMILES string of the molecule is Cc1c(F)cccc1-c1c(C(=O)c2cccc(O)c2)ccc2c1CC(C=O)(C1CCCNC1)N2CCN(C)S(C)(=O)=O. The Hall–Kier alpha value is -3.60. The summed E-state index contributed by atoms with van der Waals surface area (Å²) >= 11 is 0. The summed E-state index contributed by atoms with van der Waals surface area (Å²) in [6.07, 6.45) is 4.11. The van der Waals surface area contributed by atoms with Crippen LogP contribution in [0.4, 0.5) is 10.1 Å². The minimum Gasteiger partial charge on any atom is -0.508 e. The number of hydrogen-bond acceptors (Lipinski definition) is 7. The van der Waals surface area contributed by atoms with Crippen molar-refractivity contribution in [2.45, 2.75) is 31.7 Å². The number of sulfonamides is 1. The number of ketones is 1. The van der Waals surface area contributed by atoms with Crippen LogP contribution in [0, 0.1) is 18.7 Å². The molecule has 0 bridgehead atoms. The highest BCUT2D eigenvalue weighted by molar-refractivity contribution is 7.88. The molecule has 2 aliphatic rings.